The van der Waals surface area contributed by atoms with Gasteiger partial charge in [-0.05, 0) is 36.6 Å². The fourth-order valence-electron chi connectivity index (χ4n) is 6.46. The molecule has 1 radical (unpaired) electrons. The van der Waals surface area contributed by atoms with Crippen LogP contribution in [-0.4, -0.2) is 68.7 Å². The number of carboxylic acid groups (broad SMARTS) is 2. The number of hydrogen-bond acceptors (Lipinski definition) is 5. The minimum Gasteiger partial charge on any atom is -0.669 e. The van der Waals surface area contributed by atoms with Crippen LogP contribution in [0.25, 0.3) is 27.7 Å². The first-order valence-corrected chi connectivity index (χ1v) is 15.8. The number of carboxylic acids is 2. The normalized spacial score (nSPS) is 26.9. The van der Waals surface area contributed by atoms with Crippen LogP contribution >= 0.6 is 0 Å². The van der Waals surface area contributed by atoms with E-state index in [9.17, 15) is 9.59 Å². The molecule has 2 aliphatic carbocycles. The second-order valence-corrected chi connectivity index (χ2v) is 11.8. The molecule has 45 heavy (non-hydrogen) atoms. The summed E-state index contributed by atoms with van der Waals surface area (Å²) < 4.78 is 0. The Morgan fingerprint density at radius 3 is 2.40 bits per heavy atom. The molecule has 0 bridgehead atoms. The van der Waals surface area contributed by atoms with Crippen LogP contribution in [-0.2, 0) is 26.4 Å². The number of fused-ring (bicyclic) bond motifs is 4. The fourth-order valence-corrected chi connectivity index (χ4v) is 6.46. The molecule has 3 aliphatic heterocycles. The Morgan fingerprint density at radius 2 is 1.60 bits per heavy atom. The van der Waals surface area contributed by atoms with Gasteiger partial charge in [-0.3, -0.25) is 14.6 Å². The molecule has 3 aromatic rings. The van der Waals surface area contributed by atoms with Crippen LogP contribution in [0.2, 0.25) is 0 Å². The molecule has 6 atom stereocenters. The number of H-pyrrole nitrogens is 1. The minimum absolute atomic E-state index is 0. The third-order valence-electron chi connectivity index (χ3n) is 8.87. The summed E-state index contributed by atoms with van der Waals surface area (Å²) in [7, 11) is 0. The summed E-state index contributed by atoms with van der Waals surface area (Å²) in [6, 6.07) is 16.0. The van der Waals surface area contributed by atoms with E-state index in [-0.39, 0.29) is 16.8 Å². The zero-order valence-electron chi connectivity index (χ0n) is 25.3. The first kappa shape index (κ1) is 34.2. The van der Waals surface area contributed by atoms with E-state index in [0.29, 0.717) is 24.0 Å². The van der Waals surface area contributed by atoms with Crippen LogP contribution in [0.3, 0.4) is 0 Å². The number of aliphatic imine (C=N–C) groups is 1. The molecule has 2 aromatic carbocycles. The van der Waals surface area contributed by atoms with Crippen molar-refractivity contribution in [1.29, 1.82) is 0 Å². The molecule has 241 valence electrons. The summed E-state index contributed by atoms with van der Waals surface area (Å²) in [5, 5.41) is 29.3. The van der Waals surface area contributed by atoms with Crippen molar-refractivity contribution in [2.24, 2.45) is 10.9 Å². The molecule has 4 N–H and O–H groups in total. The van der Waals surface area contributed by atoms with Gasteiger partial charge >= 0.3 is 16.8 Å². The second-order valence-electron chi connectivity index (χ2n) is 11.8. The number of aliphatic carboxylic acids is 2. The molecule has 1 saturated heterocycles. The van der Waals surface area contributed by atoms with Gasteiger partial charge in [0.15, 0.2) is 0 Å². The molecule has 8 rings (SSSR count). The maximum absolute atomic E-state index is 10.7. The molecule has 1 aromatic heterocycles. The van der Waals surface area contributed by atoms with Gasteiger partial charge in [-0.25, -0.2) is 4.98 Å². The van der Waals surface area contributed by atoms with E-state index in [1.54, 1.807) is 18.5 Å². The van der Waals surface area contributed by atoms with Crippen molar-refractivity contribution in [1.82, 2.24) is 15.3 Å². The van der Waals surface area contributed by atoms with Gasteiger partial charge in [-0.15, -0.1) is 11.7 Å². The van der Waals surface area contributed by atoms with Gasteiger partial charge in [-0.1, -0.05) is 106 Å². The van der Waals surface area contributed by atoms with E-state index in [1.807, 2.05) is 54.9 Å². The van der Waals surface area contributed by atoms with E-state index in [2.05, 4.69) is 30.9 Å². The number of benzene rings is 2. The topological polar surface area (TPSA) is 156 Å². The molecule has 0 amide bonds. The number of aromatic amines is 1. The van der Waals surface area contributed by atoms with Crippen LogP contribution in [0.5, 0.6) is 0 Å². The maximum atomic E-state index is 10.7. The van der Waals surface area contributed by atoms with Crippen molar-refractivity contribution >= 4 is 41.1 Å². The quantitative estimate of drug-likeness (QED) is 0.237. The number of nitrogens with zero attached hydrogens (tertiary/aromatic N) is 4. The predicted molar refractivity (Wildman–Crippen MR) is 173 cm³/mol. The summed E-state index contributed by atoms with van der Waals surface area (Å²) in [4.78, 5) is 32.7. The van der Waals surface area contributed by atoms with E-state index < -0.39 is 24.0 Å². The molecule has 5 aliphatic rings. The number of aromatic nitrogens is 2. The first-order chi connectivity index (χ1) is 21.5. The predicted octanol–water partition coefficient (Wildman–Crippen LogP) is 6.83. The number of imidazole rings is 1. The Balaban J connectivity index is 0.000000137. The Bertz CT molecular complexity index is 1410. The molecule has 0 spiro atoms. The van der Waals surface area contributed by atoms with Gasteiger partial charge in [0.2, 0.25) is 0 Å². The standard InChI is InChI=1S/C10H16NO2.C10H8NO2.C7H12N2.C7H6N2.Co/c2*12-10(13)9-6-5-7-3-1-2-4-8(7)11-9;2*1-2-4-7-6(3-1)8-5-9-7;/h7-9H,1-6H2,(H,12,13);1-6,9H,(H,12,13);5-7H,1-4H2,(H,8,9);1-5H,(H,8,9);/q2*-1;;;+2. The second kappa shape index (κ2) is 17.1. The van der Waals surface area contributed by atoms with Gasteiger partial charge < -0.3 is 31.1 Å². The van der Waals surface area contributed by atoms with Crippen molar-refractivity contribution in [3.05, 3.63) is 77.1 Å². The summed E-state index contributed by atoms with van der Waals surface area (Å²) in [5.41, 5.74) is 3.84. The average molecular weight is 658 g/mol. The minimum atomic E-state index is -0.911. The SMILES string of the molecule is C1=NC2CCCCC2N1.O=C(O)C1C=Cc2ccccc2[N-]1.O=C(O)C1CCC2CCCCC2[N-]1.[Co+2].c1ccc2[nH]cnc2c1. The summed E-state index contributed by atoms with van der Waals surface area (Å²) in [6.07, 6.45) is 19.1. The molecular formula is C34H42CoN6O4. The smallest absolute Gasteiger partial charge is 0.669 e. The van der Waals surface area contributed by atoms with E-state index >= 15 is 0 Å². The zero-order chi connectivity index (χ0) is 30.7. The van der Waals surface area contributed by atoms with Crippen molar-refractivity contribution in [2.75, 3.05) is 0 Å². The fraction of sp³-hybridized carbons (Fsp3) is 0.471. The third kappa shape index (κ3) is 9.66. The monoisotopic (exact) mass is 657 g/mol. The van der Waals surface area contributed by atoms with Gasteiger partial charge in [0, 0.05) is 12.1 Å². The van der Waals surface area contributed by atoms with Crippen LogP contribution in [0.4, 0.5) is 5.69 Å². The molecule has 2 saturated carbocycles. The van der Waals surface area contributed by atoms with Crippen molar-refractivity contribution in [3.63, 3.8) is 0 Å². The van der Waals surface area contributed by atoms with E-state index in [4.69, 9.17) is 10.2 Å². The molecule has 10 nitrogen and oxygen atoms in total. The Kier molecular flexibility index (Phi) is 13.0. The van der Waals surface area contributed by atoms with Gasteiger partial charge in [0.05, 0.1) is 29.7 Å². The van der Waals surface area contributed by atoms with Gasteiger partial charge in [-0.2, -0.15) is 0 Å². The molecule has 4 heterocycles. The molecule has 3 fully saturated rings. The number of hydrogen-bond donors (Lipinski definition) is 4. The van der Waals surface area contributed by atoms with E-state index in [1.165, 1.54) is 44.9 Å². The first-order valence-electron chi connectivity index (χ1n) is 15.8. The maximum Gasteiger partial charge on any atom is 2.00 e. The Morgan fingerprint density at radius 1 is 0.844 bits per heavy atom. The van der Waals surface area contributed by atoms with Crippen molar-refractivity contribution in [3.8, 4) is 0 Å². The van der Waals surface area contributed by atoms with Crippen LogP contribution in [0.1, 0.15) is 69.8 Å². The van der Waals surface area contributed by atoms with E-state index in [0.717, 1.165) is 41.5 Å². The molecular weight excluding hydrogens is 615 g/mol. The van der Waals surface area contributed by atoms with Gasteiger partial charge in [0.25, 0.3) is 11.9 Å². The van der Waals surface area contributed by atoms with Crippen LogP contribution < -0.4 is 5.32 Å². The number of nitrogens with one attached hydrogen (secondary N) is 2. The third-order valence-corrected chi connectivity index (χ3v) is 8.87. The largest absolute Gasteiger partial charge is 2.00 e. The summed E-state index contributed by atoms with van der Waals surface area (Å²) >= 11 is 0. The molecule has 6 unspecified atom stereocenters. The average Bonchev–Trinajstić information content (AvgIpc) is 3.75. The number of rotatable bonds is 2. The number of carbonyl (C=O) groups is 2. The van der Waals surface area contributed by atoms with Crippen molar-refractivity contribution in [2.45, 2.75) is 94.4 Å². The number of piperidine rings is 1. The van der Waals surface area contributed by atoms with Gasteiger partial charge in [0.1, 0.15) is 0 Å². The Labute approximate surface area is 274 Å². The summed E-state index contributed by atoms with van der Waals surface area (Å²) in [6.45, 7) is 0. The zero-order valence-corrected chi connectivity index (χ0v) is 26.3. The number of para-hydroxylation sites is 3. The van der Waals surface area contributed by atoms with Crippen LogP contribution in [0, 0.1) is 5.92 Å². The van der Waals surface area contributed by atoms with Crippen molar-refractivity contribution < 1.29 is 36.6 Å². The summed E-state index contributed by atoms with van der Waals surface area (Å²) in [5.74, 6) is -0.945. The molecule has 11 heteroatoms. The Hall–Kier alpha value is -3.67. The van der Waals surface area contributed by atoms with Crippen LogP contribution in [0.15, 0.2) is 65.9 Å².